The molecule has 1 atom stereocenters. The summed E-state index contributed by atoms with van der Waals surface area (Å²) in [7, 11) is 1.74. The van der Waals surface area contributed by atoms with Crippen molar-refractivity contribution < 1.29 is 23.0 Å². The number of nitroso groups, excluding NO2 is 1. The van der Waals surface area contributed by atoms with Crippen LogP contribution in [-0.2, 0) is 16.1 Å². The number of nitrogens with zero attached hydrogens (tertiary/aromatic N) is 3. The molecule has 212 valence electrons. The first-order valence-electron chi connectivity index (χ1n) is 12.8. The number of aromatic nitrogens is 1. The Bertz CT molecular complexity index is 975. The van der Waals surface area contributed by atoms with Crippen LogP contribution in [0, 0.1) is 22.7 Å². The molecular weight excluding hydrogens is 512 g/mol. The van der Waals surface area contributed by atoms with Gasteiger partial charge in [0.25, 0.3) is 6.41 Å². The smallest absolute Gasteiger partial charge is 0.387 e. The molecule has 0 radical (unpaired) electrons. The standard InChI is InChI=1S/C23H28F2N2O2S.2C2H6.CHNO2/c1-4-17-7-8-20(29-22(24)25)19(13-17)21-26-14-18(30-21)15-27-11-5-9-23(2,16-27)10-6-12-28-3;2*1-2;3-1-2-4/h1,7-8,13-14,22H,5-6,9-12,15-16H2,2-3H3;2*1-2H3;1H/t23-;;;/m1.../s1. The largest absolute Gasteiger partial charge is 0.434 e. The van der Waals surface area contributed by atoms with Crippen molar-refractivity contribution in [3.63, 3.8) is 0 Å². The zero-order valence-electron chi connectivity index (χ0n) is 23.3. The fourth-order valence-corrected chi connectivity index (χ4v) is 5.10. The normalized spacial score (nSPS) is 16.4. The minimum absolute atomic E-state index is 0.0556. The van der Waals surface area contributed by atoms with Crippen molar-refractivity contribution in [1.29, 1.82) is 0 Å². The number of terminal acetylenes is 1. The lowest BCUT2D eigenvalue weighted by Gasteiger charge is -2.40. The summed E-state index contributed by atoms with van der Waals surface area (Å²) < 4.78 is 35.5. The zero-order chi connectivity index (χ0) is 29.0. The first-order chi connectivity index (χ1) is 18.3. The Morgan fingerprint density at radius 1 is 1.32 bits per heavy atom. The molecular formula is C28H41F2N3O4S. The second-order valence-corrected chi connectivity index (χ2v) is 9.41. The van der Waals surface area contributed by atoms with Gasteiger partial charge in [-0.05, 0) is 55.8 Å². The maximum atomic E-state index is 12.8. The second-order valence-electron chi connectivity index (χ2n) is 8.30. The fourth-order valence-electron chi connectivity index (χ4n) is 4.12. The van der Waals surface area contributed by atoms with E-state index in [1.807, 2.05) is 33.9 Å². The molecule has 0 bridgehead atoms. The number of piperidine rings is 1. The van der Waals surface area contributed by atoms with Gasteiger partial charge in [0, 0.05) is 48.6 Å². The van der Waals surface area contributed by atoms with Crippen molar-refractivity contribution in [2.75, 3.05) is 26.8 Å². The summed E-state index contributed by atoms with van der Waals surface area (Å²) in [5, 5.41) is 2.44. The average Bonchev–Trinajstić information content (AvgIpc) is 3.39. The molecule has 1 saturated heterocycles. The number of rotatable bonds is 10. The van der Waals surface area contributed by atoms with Crippen LogP contribution in [-0.4, -0.2) is 49.7 Å². The van der Waals surface area contributed by atoms with Gasteiger partial charge in [0.05, 0.1) is 5.56 Å². The van der Waals surface area contributed by atoms with Gasteiger partial charge in [-0.15, -0.1) is 22.7 Å². The van der Waals surface area contributed by atoms with Crippen molar-refractivity contribution in [1.82, 2.24) is 9.88 Å². The highest BCUT2D eigenvalue weighted by molar-refractivity contribution is 7.15. The molecule has 0 spiro atoms. The topological polar surface area (TPSA) is 81.1 Å². The number of amides is 1. The average molecular weight is 554 g/mol. The van der Waals surface area contributed by atoms with E-state index in [0.717, 1.165) is 44.0 Å². The van der Waals surface area contributed by atoms with Crippen LogP contribution in [0.4, 0.5) is 8.78 Å². The first-order valence-corrected chi connectivity index (χ1v) is 13.6. The number of thiazole rings is 1. The maximum Gasteiger partial charge on any atom is 0.387 e. The van der Waals surface area contributed by atoms with E-state index in [0.29, 0.717) is 21.5 Å². The molecule has 1 aromatic heterocycles. The lowest BCUT2D eigenvalue weighted by Crippen LogP contribution is -2.41. The third kappa shape index (κ3) is 12.7. The number of carbonyl (C=O) groups excluding carboxylic acids is 1. The molecule has 0 unspecified atom stereocenters. The van der Waals surface area contributed by atoms with Crippen LogP contribution in [0.2, 0.25) is 0 Å². The maximum absolute atomic E-state index is 12.8. The summed E-state index contributed by atoms with van der Waals surface area (Å²) >= 11 is 1.50. The van der Waals surface area contributed by atoms with Crippen molar-refractivity contribution >= 4 is 17.7 Å². The molecule has 10 heteroatoms. The van der Waals surface area contributed by atoms with E-state index in [1.165, 1.54) is 30.2 Å². The second kappa shape index (κ2) is 20.3. The summed E-state index contributed by atoms with van der Waals surface area (Å²) in [6.07, 6.45) is 11.9. The van der Waals surface area contributed by atoms with Gasteiger partial charge in [0.2, 0.25) is 0 Å². The Hall–Kier alpha value is -2.74. The van der Waals surface area contributed by atoms with Gasteiger partial charge >= 0.3 is 6.61 Å². The number of hydrogen-bond donors (Lipinski definition) is 0. The number of benzene rings is 1. The fraction of sp³-hybridized carbons (Fsp3) is 0.571. The van der Waals surface area contributed by atoms with Crippen LogP contribution < -0.4 is 4.74 Å². The van der Waals surface area contributed by atoms with Crippen LogP contribution in [0.15, 0.2) is 29.6 Å². The van der Waals surface area contributed by atoms with E-state index in [9.17, 15) is 8.78 Å². The molecule has 1 fully saturated rings. The molecule has 0 N–H and O–H groups in total. The molecule has 0 aliphatic carbocycles. The first kappa shape index (κ1) is 35.3. The highest BCUT2D eigenvalue weighted by Crippen LogP contribution is 2.37. The van der Waals surface area contributed by atoms with Gasteiger partial charge < -0.3 is 9.47 Å². The molecule has 2 aromatic rings. The molecule has 1 aromatic carbocycles. The van der Waals surface area contributed by atoms with Gasteiger partial charge in [-0.25, -0.2) is 4.98 Å². The molecule has 1 aliphatic rings. The van der Waals surface area contributed by atoms with Crippen molar-refractivity contribution in [3.05, 3.63) is 39.7 Å². The molecule has 0 saturated carbocycles. The van der Waals surface area contributed by atoms with E-state index in [1.54, 1.807) is 24.4 Å². The summed E-state index contributed by atoms with van der Waals surface area (Å²) in [5.74, 6) is 2.63. The number of ether oxygens (including phenoxy) is 2. The van der Waals surface area contributed by atoms with Crippen LogP contribution >= 0.6 is 11.3 Å². The molecule has 2 heterocycles. The van der Waals surface area contributed by atoms with Crippen molar-refractivity contribution in [2.45, 2.75) is 73.5 Å². The number of methoxy groups -OCH3 is 1. The summed E-state index contributed by atoms with van der Waals surface area (Å²) in [6, 6.07) is 4.75. The molecule has 38 heavy (non-hydrogen) atoms. The third-order valence-corrected chi connectivity index (χ3v) is 6.57. The highest BCUT2D eigenvalue weighted by Gasteiger charge is 2.30. The third-order valence-electron chi connectivity index (χ3n) is 5.56. The molecule has 1 aliphatic heterocycles. The molecule has 7 nitrogen and oxygen atoms in total. The van der Waals surface area contributed by atoms with Gasteiger partial charge in [-0.3, -0.25) is 9.69 Å². The van der Waals surface area contributed by atoms with Crippen LogP contribution in [0.1, 0.15) is 70.7 Å². The van der Waals surface area contributed by atoms with E-state index < -0.39 is 6.61 Å². The predicted octanol–water partition coefficient (Wildman–Crippen LogP) is 7.38. The van der Waals surface area contributed by atoms with Crippen molar-refractivity contribution in [3.8, 4) is 28.7 Å². The monoisotopic (exact) mass is 553 g/mol. The van der Waals surface area contributed by atoms with Crippen molar-refractivity contribution in [2.24, 2.45) is 10.6 Å². The van der Waals surface area contributed by atoms with Gasteiger partial charge in [0.15, 0.2) is 0 Å². The van der Waals surface area contributed by atoms with Gasteiger partial charge in [0.1, 0.15) is 10.8 Å². The van der Waals surface area contributed by atoms with E-state index in [4.69, 9.17) is 20.9 Å². The number of carbonyl (C=O) groups is 1. The van der Waals surface area contributed by atoms with E-state index in [-0.39, 0.29) is 12.2 Å². The predicted molar refractivity (Wildman–Crippen MR) is 150 cm³/mol. The Kier molecular flexibility index (Phi) is 18.8. The van der Waals surface area contributed by atoms with Gasteiger partial charge in [-0.2, -0.15) is 8.78 Å². The Morgan fingerprint density at radius 3 is 2.58 bits per heavy atom. The number of hydrogen-bond acceptors (Lipinski definition) is 7. The Balaban J connectivity index is 0.00000153. The molecule has 3 rings (SSSR count). The van der Waals surface area contributed by atoms with E-state index in [2.05, 4.69) is 27.5 Å². The Labute approximate surface area is 229 Å². The number of halogens is 2. The van der Waals surface area contributed by atoms with Crippen LogP contribution in [0.25, 0.3) is 10.6 Å². The van der Waals surface area contributed by atoms with Gasteiger partial charge in [-0.1, -0.05) is 40.5 Å². The van der Waals surface area contributed by atoms with Crippen LogP contribution in [0.5, 0.6) is 5.75 Å². The lowest BCUT2D eigenvalue weighted by atomic mass is 9.78. The quantitative estimate of drug-likeness (QED) is 0.132. The number of likely N-dealkylation sites (tertiary alicyclic amines) is 1. The van der Waals surface area contributed by atoms with E-state index >= 15 is 0 Å². The van der Waals surface area contributed by atoms with Crippen LogP contribution in [0.3, 0.4) is 0 Å². The number of alkyl halides is 2. The molecule has 1 amide bonds. The minimum Gasteiger partial charge on any atom is -0.434 e. The SMILES string of the molecule is C#Cc1ccc(OC(F)F)c(-c2ncc(CN3CCC[C@](C)(CCCOC)C3)s2)c1.CC.CC.O=CN=O. The lowest BCUT2D eigenvalue weighted by molar-refractivity contribution is -0.106. The Morgan fingerprint density at radius 2 is 2.00 bits per heavy atom. The summed E-state index contributed by atoms with van der Waals surface area (Å²) in [6.45, 7) is 11.1. The minimum atomic E-state index is -2.90. The zero-order valence-corrected chi connectivity index (χ0v) is 24.2. The highest BCUT2D eigenvalue weighted by atomic mass is 32.1. The summed E-state index contributed by atoms with van der Waals surface area (Å²) in [4.78, 5) is 25.3. The summed E-state index contributed by atoms with van der Waals surface area (Å²) in [5.41, 5.74) is 1.40.